The zero-order valence-electron chi connectivity index (χ0n) is 10.4. The fourth-order valence-electron chi connectivity index (χ4n) is 1.48. The first kappa shape index (κ1) is 14.7. The van der Waals surface area contributed by atoms with E-state index < -0.39 is 17.9 Å². The van der Waals surface area contributed by atoms with E-state index >= 15 is 0 Å². The molecule has 0 spiro atoms. The van der Waals surface area contributed by atoms with E-state index in [2.05, 4.69) is 5.32 Å². The highest BCUT2D eigenvalue weighted by atomic mass is 35.5. The Hall–Kier alpha value is -1.39. The van der Waals surface area contributed by atoms with Gasteiger partial charge >= 0.3 is 0 Å². The van der Waals surface area contributed by atoms with Gasteiger partial charge in [-0.05, 0) is 30.5 Å². The molecule has 1 aromatic rings. The van der Waals surface area contributed by atoms with Gasteiger partial charge in [0, 0.05) is 10.6 Å². The van der Waals surface area contributed by atoms with Gasteiger partial charge in [0.1, 0.15) is 0 Å². The molecule has 4 nitrogen and oxygen atoms in total. The minimum absolute atomic E-state index is 0.278. The van der Waals surface area contributed by atoms with Crippen LogP contribution in [0.1, 0.15) is 30.6 Å². The zero-order chi connectivity index (χ0) is 13.7. The summed E-state index contributed by atoms with van der Waals surface area (Å²) in [6.07, 6.45) is 0.505. The minimum atomic E-state index is -0.729. The van der Waals surface area contributed by atoms with Crippen molar-refractivity contribution in [2.45, 2.75) is 26.3 Å². The Labute approximate surface area is 112 Å². The van der Waals surface area contributed by atoms with E-state index in [-0.39, 0.29) is 11.5 Å². The summed E-state index contributed by atoms with van der Waals surface area (Å²) in [6, 6.07) is 5.56. The van der Waals surface area contributed by atoms with Crippen molar-refractivity contribution in [2.24, 2.45) is 11.7 Å². The summed E-state index contributed by atoms with van der Waals surface area (Å²) < 4.78 is 0. The Morgan fingerprint density at radius 2 is 2.06 bits per heavy atom. The number of hydrogen-bond donors (Lipinski definition) is 1. The number of nitrogens with zero attached hydrogens (tertiary/aromatic N) is 1. The van der Waals surface area contributed by atoms with E-state index in [0.717, 1.165) is 0 Å². The Kier molecular flexibility index (Phi) is 5.31. The number of benzene rings is 1. The molecule has 2 N–H and O–H groups in total. The van der Waals surface area contributed by atoms with Gasteiger partial charge in [0.15, 0.2) is 0 Å². The van der Waals surface area contributed by atoms with E-state index in [4.69, 9.17) is 17.3 Å². The topological polar surface area (TPSA) is 74.3 Å². The Morgan fingerprint density at radius 3 is 2.61 bits per heavy atom. The lowest BCUT2D eigenvalue weighted by Crippen LogP contribution is -2.39. The molecule has 0 saturated heterocycles. The molecule has 0 aromatic heterocycles. The van der Waals surface area contributed by atoms with Crippen LogP contribution in [0.4, 0.5) is 0 Å². The molecule has 0 bridgehead atoms. The van der Waals surface area contributed by atoms with Crippen LogP contribution in [0.5, 0.6) is 0 Å². The highest BCUT2D eigenvalue weighted by molar-refractivity contribution is 6.31. The van der Waals surface area contributed by atoms with Crippen molar-refractivity contribution in [1.82, 2.24) is 5.32 Å². The van der Waals surface area contributed by atoms with E-state index in [1.54, 1.807) is 18.2 Å². The average Bonchev–Trinajstić information content (AvgIpc) is 2.27. The molecule has 1 atom stereocenters. The second-order valence-corrected chi connectivity index (χ2v) is 4.94. The van der Waals surface area contributed by atoms with Crippen molar-refractivity contribution in [2.75, 3.05) is 0 Å². The van der Waals surface area contributed by atoms with Gasteiger partial charge < -0.3 is 5.73 Å². The van der Waals surface area contributed by atoms with Crippen LogP contribution in [-0.4, -0.2) is 17.9 Å². The van der Waals surface area contributed by atoms with Gasteiger partial charge in [-0.15, -0.1) is 0 Å². The van der Waals surface area contributed by atoms with Crippen LogP contribution in [0.15, 0.2) is 24.3 Å². The van der Waals surface area contributed by atoms with E-state index in [9.17, 15) is 9.59 Å². The minimum Gasteiger partial charge on any atom is -0.320 e. The maximum absolute atomic E-state index is 11.7. The molecular formula is C13H16ClN2O2. The van der Waals surface area contributed by atoms with Crippen LogP contribution >= 0.6 is 11.6 Å². The number of hydrogen-bond acceptors (Lipinski definition) is 3. The summed E-state index contributed by atoms with van der Waals surface area (Å²) in [6.45, 7) is 3.90. The molecule has 1 radical (unpaired) electrons. The maximum atomic E-state index is 11.7. The molecule has 97 valence electrons. The van der Waals surface area contributed by atoms with Crippen LogP contribution in [0.2, 0.25) is 5.02 Å². The number of amides is 2. The lowest BCUT2D eigenvalue weighted by Gasteiger charge is -2.11. The Balaban J connectivity index is 2.62. The molecule has 0 heterocycles. The second-order valence-electron chi connectivity index (χ2n) is 4.50. The first-order valence-corrected chi connectivity index (χ1v) is 6.09. The van der Waals surface area contributed by atoms with Gasteiger partial charge in [-0.1, -0.05) is 31.5 Å². The monoisotopic (exact) mass is 267 g/mol. The second kappa shape index (κ2) is 6.52. The summed E-state index contributed by atoms with van der Waals surface area (Å²) in [5.41, 5.74) is 5.94. The lowest BCUT2D eigenvalue weighted by atomic mass is 10.0. The smallest absolute Gasteiger partial charge is 0.280 e. The summed E-state index contributed by atoms with van der Waals surface area (Å²) in [4.78, 5) is 23.3. The molecule has 1 rings (SSSR count). The van der Waals surface area contributed by atoms with Crippen molar-refractivity contribution in [3.63, 3.8) is 0 Å². The molecule has 0 aliphatic heterocycles. The molecule has 2 amide bonds. The fraction of sp³-hybridized carbons (Fsp3) is 0.385. The fourth-order valence-corrected chi connectivity index (χ4v) is 1.67. The van der Waals surface area contributed by atoms with Crippen molar-refractivity contribution in [3.8, 4) is 0 Å². The van der Waals surface area contributed by atoms with E-state index in [1.165, 1.54) is 6.07 Å². The number of rotatable bonds is 4. The Morgan fingerprint density at radius 1 is 1.39 bits per heavy atom. The van der Waals surface area contributed by atoms with Gasteiger partial charge in [-0.25, -0.2) is 0 Å². The van der Waals surface area contributed by atoms with Crippen LogP contribution < -0.4 is 11.1 Å². The van der Waals surface area contributed by atoms with Gasteiger partial charge in [0.2, 0.25) is 0 Å². The first-order chi connectivity index (χ1) is 8.40. The van der Waals surface area contributed by atoms with Gasteiger partial charge in [-0.3, -0.25) is 9.59 Å². The van der Waals surface area contributed by atoms with Crippen molar-refractivity contribution < 1.29 is 9.59 Å². The summed E-state index contributed by atoms with van der Waals surface area (Å²) in [5.74, 6) is -0.921. The highest BCUT2D eigenvalue weighted by Gasteiger charge is 2.20. The van der Waals surface area contributed by atoms with Crippen LogP contribution in [0.3, 0.4) is 0 Å². The third-order valence-electron chi connectivity index (χ3n) is 2.33. The molecule has 0 unspecified atom stereocenters. The molecule has 0 saturated carbocycles. The first-order valence-electron chi connectivity index (χ1n) is 5.71. The molecule has 0 aliphatic rings. The third kappa shape index (κ3) is 4.47. The van der Waals surface area contributed by atoms with Gasteiger partial charge in [0.05, 0.1) is 6.04 Å². The largest absolute Gasteiger partial charge is 0.320 e. The van der Waals surface area contributed by atoms with Crippen molar-refractivity contribution in [3.05, 3.63) is 34.9 Å². The predicted octanol–water partition coefficient (Wildman–Crippen LogP) is 1.98. The average molecular weight is 268 g/mol. The molecule has 1 aromatic carbocycles. The van der Waals surface area contributed by atoms with Crippen LogP contribution in [-0.2, 0) is 4.79 Å². The number of nitrogens with two attached hydrogens (primary N) is 1. The Bertz CT molecular complexity index is 446. The molecular weight excluding hydrogens is 252 g/mol. The molecule has 5 heteroatoms. The molecule has 0 fully saturated rings. The summed E-state index contributed by atoms with van der Waals surface area (Å²) in [5, 5.41) is 3.91. The standard InChI is InChI=1S/C13H16ClN2O2/c1-8(2)6-11(15)13(18)16-12(17)9-4-3-5-10(14)7-9/h3-5,7-8,11H,6,15H2,1-2H3/t11-/m0/s1. The lowest BCUT2D eigenvalue weighted by molar-refractivity contribution is -0.122. The number of imide groups is 1. The predicted molar refractivity (Wildman–Crippen MR) is 70.4 cm³/mol. The SMILES string of the molecule is CC(C)C[C@H](N)C(=O)[N]C(=O)c1cccc(Cl)c1. The molecule has 0 aliphatic carbocycles. The molecule has 18 heavy (non-hydrogen) atoms. The van der Waals surface area contributed by atoms with Gasteiger partial charge in [0.25, 0.3) is 11.8 Å². The maximum Gasteiger partial charge on any atom is 0.280 e. The van der Waals surface area contributed by atoms with E-state index in [0.29, 0.717) is 11.4 Å². The third-order valence-corrected chi connectivity index (χ3v) is 2.56. The van der Waals surface area contributed by atoms with Crippen molar-refractivity contribution >= 4 is 23.4 Å². The number of carbonyl (C=O) groups excluding carboxylic acids is 2. The van der Waals surface area contributed by atoms with Crippen LogP contribution in [0, 0.1) is 5.92 Å². The van der Waals surface area contributed by atoms with Crippen LogP contribution in [0.25, 0.3) is 0 Å². The zero-order valence-corrected chi connectivity index (χ0v) is 11.1. The normalized spacial score (nSPS) is 12.3. The highest BCUT2D eigenvalue weighted by Crippen LogP contribution is 2.11. The summed E-state index contributed by atoms with van der Waals surface area (Å²) in [7, 11) is 0. The van der Waals surface area contributed by atoms with Crippen molar-refractivity contribution in [1.29, 1.82) is 0 Å². The van der Waals surface area contributed by atoms with E-state index in [1.807, 2.05) is 13.8 Å². The number of halogens is 1. The summed E-state index contributed by atoms with van der Waals surface area (Å²) >= 11 is 5.75. The van der Waals surface area contributed by atoms with Gasteiger partial charge in [-0.2, -0.15) is 5.32 Å². The number of carbonyl (C=O) groups is 2. The quantitative estimate of drug-likeness (QED) is 0.906.